The molecule has 0 fully saturated rings. The fourth-order valence-electron chi connectivity index (χ4n) is 3.22. The average Bonchev–Trinajstić information content (AvgIpc) is 3.00. The number of hydrogen-bond acceptors (Lipinski definition) is 6. The lowest BCUT2D eigenvalue weighted by atomic mass is 9.95. The lowest BCUT2D eigenvalue weighted by Gasteiger charge is -2.24. The Labute approximate surface area is 176 Å². The van der Waals surface area contributed by atoms with Crippen LogP contribution in [0.4, 0.5) is 0 Å². The number of carbonyl (C=O) groups is 1. The van der Waals surface area contributed by atoms with Crippen molar-refractivity contribution >= 4 is 5.91 Å². The minimum Gasteiger partial charge on any atom is -0.493 e. The van der Waals surface area contributed by atoms with Gasteiger partial charge >= 0.3 is 0 Å². The van der Waals surface area contributed by atoms with Crippen molar-refractivity contribution in [3.05, 3.63) is 47.5 Å². The van der Waals surface area contributed by atoms with E-state index in [2.05, 4.69) is 5.32 Å². The first-order chi connectivity index (χ1) is 14.5. The number of benzene rings is 2. The molecule has 7 nitrogen and oxygen atoms in total. The molecule has 1 amide bonds. The van der Waals surface area contributed by atoms with Crippen molar-refractivity contribution < 1.29 is 23.7 Å². The highest BCUT2D eigenvalue weighted by Gasteiger charge is 2.21. The Morgan fingerprint density at radius 1 is 1.13 bits per heavy atom. The van der Waals surface area contributed by atoms with E-state index in [-0.39, 0.29) is 24.5 Å². The van der Waals surface area contributed by atoms with Crippen LogP contribution >= 0.6 is 0 Å². The number of methoxy groups -OCH3 is 1. The van der Waals surface area contributed by atoms with Crippen LogP contribution in [0.3, 0.4) is 0 Å². The molecule has 3 rings (SSSR count). The molecule has 158 valence electrons. The van der Waals surface area contributed by atoms with E-state index >= 15 is 0 Å². The van der Waals surface area contributed by atoms with Crippen LogP contribution in [0.1, 0.15) is 37.4 Å². The number of amides is 1. The molecule has 30 heavy (non-hydrogen) atoms. The SMILES string of the molecule is COc1cc(C#N)ccc1OCC(=O)N[C@@H](c1ccc2c(c1)OCCCO2)C(C)C. The molecule has 2 aromatic rings. The Kier molecular flexibility index (Phi) is 7.02. The summed E-state index contributed by atoms with van der Waals surface area (Å²) in [4.78, 5) is 12.6. The van der Waals surface area contributed by atoms with Gasteiger partial charge in [-0.05, 0) is 35.7 Å². The summed E-state index contributed by atoms with van der Waals surface area (Å²) in [6, 6.07) is 12.4. The first kappa shape index (κ1) is 21.3. The number of ether oxygens (including phenoxy) is 4. The fraction of sp³-hybridized carbons (Fsp3) is 0.391. The first-order valence-corrected chi connectivity index (χ1v) is 9.91. The van der Waals surface area contributed by atoms with Gasteiger partial charge in [0.1, 0.15) is 0 Å². The van der Waals surface area contributed by atoms with Crippen molar-refractivity contribution in [3.63, 3.8) is 0 Å². The Hall–Kier alpha value is -3.40. The van der Waals surface area contributed by atoms with Crippen molar-refractivity contribution in [2.75, 3.05) is 26.9 Å². The zero-order valence-electron chi connectivity index (χ0n) is 17.4. The Morgan fingerprint density at radius 2 is 1.90 bits per heavy atom. The normalized spacial score (nSPS) is 13.7. The van der Waals surface area contributed by atoms with Crippen LogP contribution in [0.25, 0.3) is 0 Å². The quantitative estimate of drug-likeness (QED) is 0.750. The molecular formula is C23H26N2O5. The second-order valence-corrected chi connectivity index (χ2v) is 7.31. The topological polar surface area (TPSA) is 89.8 Å². The number of carbonyl (C=O) groups excluding carboxylic acids is 1. The molecular weight excluding hydrogens is 384 g/mol. The molecule has 0 saturated carbocycles. The third-order valence-electron chi connectivity index (χ3n) is 4.77. The molecule has 2 aromatic carbocycles. The van der Waals surface area contributed by atoms with Gasteiger partial charge in [0.15, 0.2) is 29.6 Å². The lowest BCUT2D eigenvalue weighted by Crippen LogP contribution is -2.35. The standard InChI is InChI=1S/C23H26N2O5/c1-15(2)23(17-6-8-19-21(12-17)29-10-4-9-28-19)25-22(26)14-30-18-7-5-16(13-24)11-20(18)27-3/h5-8,11-12,15,23H,4,9-10,14H2,1-3H3,(H,25,26)/t23-/m1/s1. The molecule has 0 saturated heterocycles. The molecule has 1 atom stereocenters. The molecule has 0 unspecified atom stereocenters. The largest absolute Gasteiger partial charge is 0.493 e. The Bertz CT molecular complexity index is 936. The van der Waals surface area contributed by atoms with Gasteiger partial charge in [0.05, 0.1) is 38.0 Å². The minimum absolute atomic E-state index is 0.156. The third-order valence-corrected chi connectivity index (χ3v) is 4.77. The summed E-state index contributed by atoms with van der Waals surface area (Å²) in [6.07, 6.45) is 0.838. The second kappa shape index (κ2) is 9.88. The predicted octanol–water partition coefficient (Wildman–Crippen LogP) is 3.62. The van der Waals surface area contributed by atoms with Gasteiger partial charge in [-0.1, -0.05) is 19.9 Å². The van der Waals surface area contributed by atoms with Gasteiger partial charge < -0.3 is 24.3 Å². The van der Waals surface area contributed by atoms with Crippen molar-refractivity contribution in [3.8, 4) is 29.1 Å². The van der Waals surface area contributed by atoms with Crippen molar-refractivity contribution in [1.29, 1.82) is 5.26 Å². The van der Waals surface area contributed by atoms with E-state index in [1.807, 2.05) is 38.1 Å². The zero-order valence-corrected chi connectivity index (χ0v) is 17.4. The van der Waals surface area contributed by atoms with Crippen LogP contribution in [-0.2, 0) is 4.79 Å². The van der Waals surface area contributed by atoms with Gasteiger partial charge in [-0.2, -0.15) is 5.26 Å². The molecule has 7 heteroatoms. The molecule has 1 aliphatic heterocycles. The number of hydrogen-bond donors (Lipinski definition) is 1. The minimum atomic E-state index is -0.257. The zero-order chi connectivity index (χ0) is 21.5. The summed E-state index contributed by atoms with van der Waals surface area (Å²) in [5.74, 6) is 2.13. The van der Waals surface area contributed by atoms with Crippen molar-refractivity contribution in [2.24, 2.45) is 5.92 Å². The summed E-state index contributed by atoms with van der Waals surface area (Å²) < 4.78 is 22.3. The summed E-state index contributed by atoms with van der Waals surface area (Å²) in [7, 11) is 1.49. The van der Waals surface area contributed by atoms with E-state index in [1.54, 1.807) is 18.2 Å². The van der Waals surface area contributed by atoms with Crippen LogP contribution < -0.4 is 24.3 Å². The van der Waals surface area contributed by atoms with E-state index in [0.29, 0.717) is 36.0 Å². The number of nitrogens with zero attached hydrogens (tertiary/aromatic N) is 1. The Balaban J connectivity index is 1.68. The van der Waals surface area contributed by atoms with Gasteiger partial charge in [-0.3, -0.25) is 4.79 Å². The Morgan fingerprint density at radius 3 is 2.60 bits per heavy atom. The van der Waals surface area contributed by atoms with Crippen molar-refractivity contribution in [2.45, 2.75) is 26.3 Å². The molecule has 0 bridgehead atoms. The molecule has 0 radical (unpaired) electrons. The molecule has 1 N–H and O–H groups in total. The van der Waals surface area contributed by atoms with Crippen LogP contribution in [0.15, 0.2) is 36.4 Å². The molecule has 0 aromatic heterocycles. The average molecular weight is 410 g/mol. The number of nitriles is 1. The number of nitrogens with one attached hydrogen (secondary N) is 1. The predicted molar refractivity (Wildman–Crippen MR) is 111 cm³/mol. The molecule has 0 aliphatic carbocycles. The van der Waals surface area contributed by atoms with E-state index in [9.17, 15) is 4.79 Å². The summed E-state index contributed by atoms with van der Waals surface area (Å²) in [5, 5.41) is 12.0. The molecule has 1 aliphatic rings. The maximum absolute atomic E-state index is 12.6. The van der Waals surface area contributed by atoms with Gasteiger partial charge in [0, 0.05) is 12.5 Å². The van der Waals surface area contributed by atoms with Crippen LogP contribution in [0.2, 0.25) is 0 Å². The van der Waals surface area contributed by atoms with Crippen molar-refractivity contribution in [1.82, 2.24) is 5.32 Å². The van der Waals surface area contributed by atoms with E-state index in [4.69, 9.17) is 24.2 Å². The maximum atomic E-state index is 12.6. The highest BCUT2D eigenvalue weighted by atomic mass is 16.5. The fourth-order valence-corrected chi connectivity index (χ4v) is 3.22. The summed E-state index contributed by atoms with van der Waals surface area (Å²) in [5.41, 5.74) is 1.40. The third kappa shape index (κ3) is 5.15. The van der Waals surface area contributed by atoms with E-state index in [1.165, 1.54) is 7.11 Å². The summed E-state index contributed by atoms with van der Waals surface area (Å²) in [6.45, 7) is 5.15. The lowest BCUT2D eigenvalue weighted by molar-refractivity contribution is -0.124. The van der Waals surface area contributed by atoms with Crippen LogP contribution in [0, 0.1) is 17.2 Å². The van der Waals surface area contributed by atoms with Gasteiger partial charge in [-0.25, -0.2) is 0 Å². The molecule has 0 spiro atoms. The number of fused-ring (bicyclic) bond motifs is 1. The smallest absolute Gasteiger partial charge is 0.258 e. The van der Waals surface area contributed by atoms with Gasteiger partial charge in [0.25, 0.3) is 5.91 Å². The highest BCUT2D eigenvalue weighted by Crippen LogP contribution is 2.34. The second-order valence-electron chi connectivity index (χ2n) is 7.31. The van der Waals surface area contributed by atoms with Crippen LogP contribution in [0.5, 0.6) is 23.0 Å². The van der Waals surface area contributed by atoms with Gasteiger partial charge in [-0.15, -0.1) is 0 Å². The van der Waals surface area contributed by atoms with E-state index in [0.717, 1.165) is 17.7 Å². The highest BCUT2D eigenvalue weighted by molar-refractivity contribution is 5.78. The van der Waals surface area contributed by atoms with E-state index < -0.39 is 0 Å². The maximum Gasteiger partial charge on any atom is 0.258 e. The monoisotopic (exact) mass is 410 g/mol. The summed E-state index contributed by atoms with van der Waals surface area (Å²) >= 11 is 0. The first-order valence-electron chi connectivity index (χ1n) is 9.91. The molecule has 1 heterocycles. The number of rotatable bonds is 7. The van der Waals surface area contributed by atoms with Crippen LogP contribution in [-0.4, -0.2) is 32.8 Å². The van der Waals surface area contributed by atoms with Gasteiger partial charge in [0.2, 0.25) is 0 Å².